The standard InChI is InChI=1S/C30H25NO5/c1-20(2)36-30(35)31(25-19-11-17-21-12-9-10-18-24(21)25)29(34)26(27(32)22-13-5-3-6-14-22)28(33)23-15-7-4-8-16-23/h3-20,32H,1-2H3/b27-26-. The Labute approximate surface area is 209 Å². The SMILES string of the molecule is CC(C)OC(=O)N(C(=O)/C(C(=O)c1ccccc1)=C(\O)c1ccccc1)c1cccc2ccccc12. The average molecular weight is 480 g/mol. The molecule has 0 atom stereocenters. The molecule has 6 nitrogen and oxygen atoms in total. The molecule has 1 N–H and O–H groups in total. The number of carbonyl (C=O) groups is 3. The van der Waals surface area contributed by atoms with Gasteiger partial charge < -0.3 is 9.84 Å². The first-order valence-corrected chi connectivity index (χ1v) is 11.5. The molecular formula is C30H25NO5. The minimum atomic E-state index is -0.993. The van der Waals surface area contributed by atoms with Crippen LogP contribution in [0, 0.1) is 0 Å². The number of aliphatic hydroxyl groups excluding tert-OH is 1. The summed E-state index contributed by atoms with van der Waals surface area (Å²) in [7, 11) is 0. The predicted molar refractivity (Wildman–Crippen MR) is 140 cm³/mol. The quantitative estimate of drug-likeness (QED) is 0.111. The molecule has 0 radical (unpaired) electrons. The molecule has 0 aliphatic rings. The Morgan fingerprint density at radius 3 is 1.92 bits per heavy atom. The fourth-order valence-electron chi connectivity index (χ4n) is 3.84. The van der Waals surface area contributed by atoms with Crippen LogP contribution in [-0.4, -0.2) is 29.0 Å². The smallest absolute Gasteiger partial charge is 0.421 e. The summed E-state index contributed by atoms with van der Waals surface area (Å²) < 4.78 is 5.41. The lowest BCUT2D eigenvalue weighted by molar-refractivity contribution is -0.114. The molecule has 2 amide bonds. The number of anilines is 1. The van der Waals surface area contributed by atoms with Crippen LogP contribution in [0.3, 0.4) is 0 Å². The number of aliphatic hydroxyl groups is 1. The molecule has 0 aliphatic heterocycles. The summed E-state index contributed by atoms with van der Waals surface area (Å²) in [6.45, 7) is 3.33. The van der Waals surface area contributed by atoms with Gasteiger partial charge in [0.05, 0.1) is 11.8 Å². The van der Waals surface area contributed by atoms with Crippen LogP contribution in [0.1, 0.15) is 29.8 Å². The van der Waals surface area contributed by atoms with Gasteiger partial charge in [-0.2, -0.15) is 0 Å². The summed E-state index contributed by atoms with van der Waals surface area (Å²) in [6, 6.07) is 28.8. The second kappa shape index (κ2) is 10.7. The Morgan fingerprint density at radius 1 is 0.722 bits per heavy atom. The number of benzene rings is 4. The number of ketones is 1. The minimum Gasteiger partial charge on any atom is -0.506 e. The van der Waals surface area contributed by atoms with Crippen molar-refractivity contribution < 1.29 is 24.2 Å². The van der Waals surface area contributed by atoms with Crippen LogP contribution in [0.4, 0.5) is 10.5 Å². The third-order valence-corrected chi connectivity index (χ3v) is 5.49. The first-order chi connectivity index (χ1) is 17.4. The van der Waals surface area contributed by atoms with Gasteiger partial charge in [-0.25, -0.2) is 9.69 Å². The molecule has 0 aliphatic carbocycles. The van der Waals surface area contributed by atoms with E-state index in [1.807, 2.05) is 18.2 Å². The zero-order chi connectivity index (χ0) is 25.7. The number of ether oxygens (including phenoxy) is 1. The lowest BCUT2D eigenvalue weighted by Gasteiger charge is -2.24. The first-order valence-electron chi connectivity index (χ1n) is 11.5. The van der Waals surface area contributed by atoms with Crippen molar-refractivity contribution in [3.8, 4) is 0 Å². The van der Waals surface area contributed by atoms with E-state index in [2.05, 4.69) is 0 Å². The largest absolute Gasteiger partial charge is 0.506 e. The van der Waals surface area contributed by atoms with E-state index in [0.717, 1.165) is 10.3 Å². The van der Waals surface area contributed by atoms with Crippen molar-refractivity contribution in [1.29, 1.82) is 0 Å². The van der Waals surface area contributed by atoms with E-state index in [1.165, 1.54) is 0 Å². The highest BCUT2D eigenvalue weighted by Gasteiger charge is 2.35. The van der Waals surface area contributed by atoms with Gasteiger partial charge in [-0.3, -0.25) is 9.59 Å². The Morgan fingerprint density at radius 2 is 1.28 bits per heavy atom. The van der Waals surface area contributed by atoms with E-state index in [0.29, 0.717) is 5.39 Å². The van der Waals surface area contributed by atoms with E-state index in [1.54, 1.807) is 98.8 Å². The van der Waals surface area contributed by atoms with Crippen molar-refractivity contribution in [2.45, 2.75) is 20.0 Å². The molecule has 180 valence electrons. The molecule has 4 rings (SSSR count). The van der Waals surface area contributed by atoms with Crippen molar-refractivity contribution >= 4 is 40.0 Å². The van der Waals surface area contributed by atoms with E-state index >= 15 is 0 Å². The number of imide groups is 1. The van der Waals surface area contributed by atoms with E-state index in [9.17, 15) is 19.5 Å². The Bertz CT molecular complexity index is 1440. The average Bonchev–Trinajstić information content (AvgIpc) is 2.89. The second-order valence-corrected chi connectivity index (χ2v) is 8.36. The Kier molecular flexibility index (Phi) is 7.25. The van der Waals surface area contributed by atoms with Crippen LogP contribution in [0.15, 0.2) is 109 Å². The molecule has 0 heterocycles. The maximum Gasteiger partial charge on any atom is 0.421 e. The van der Waals surface area contributed by atoms with Gasteiger partial charge in [-0.05, 0) is 25.3 Å². The molecule has 6 heteroatoms. The molecule has 4 aromatic rings. The zero-order valence-electron chi connectivity index (χ0n) is 19.9. The van der Waals surface area contributed by atoms with Crippen LogP contribution in [0.5, 0.6) is 0 Å². The predicted octanol–water partition coefficient (Wildman–Crippen LogP) is 6.57. The van der Waals surface area contributed by atoms with E-state index in [4.69, 9.17) is 4.74 Å². The topological polar surface area (TPSA) is 83.9 Å². The molecule has 0 saturated heterocycles. The number of hydrogen-bond donors (Lipinski definition) is 1. The zero-order valence-corrected chi connectivity index (χ0v) is 19.9. The second-order valence-electron chi connectivity index (χ2n) is 8.36. The van der Waals surface area contributed by atoms with Gasteiger partial charge in [0, 0.05) is 16.5 Å². The summed E-state index contributed by atoms with van der Waals surface area (Å²) in [5, 5.41) is 12.6. The van der Waals surface area contributed by atoms with E-state index < -0.39 is 35.2 Å². The highest BCUT2D eigenvalue weighted by Crippen LogP contribution is 2.31. The third kappa shape index (κ3) is 5.03. The lowest BCUT2D eigenvalue weighted by Crippen LogP contribution is -2.41. The Balaban J connectivity index is 1.95. The van der Waals surface area contributed by atoms with Crippen LogP contribution in [0.2, 0.25) is 0 Å². The van der Waals surface area contributed by atoms with Gasteiger partial charge in [0.2, 0.25) is 5.78 Å². The molecular weight excluding hydrogens is 454 g/mol. The summed E-state index contributed by atoms with van der Waals surface area (Å²) in [6.07, 6.45) is -1.48. The van der Waals surface area contributed by atoms with Gasteiger partial charge in [-0.15, -0.1) is 0 Å². The van der Waals surface area contributed by atoms with Crippen LogP contribution >= 0.6 is 0 Å². The molecule has 0 bridgehead atoms. The molecule has 36 heavy (non-hydrogen) atoms. The number of nitrogens with zero attached hydrogens (tertiary/aromatic N) is 1. The van der Waals surface area contributed by atoms with Crippen LogP contribution < -0.4 is 4.90 Å². The monoisotopic (exact) mass is 479 g/mol. The number of rotatable bonds is 6. The number of amides is 2. The highest BCUT2D eigenvalue weighted by atomic mass is 16.6. The van der Waals surface area contributed by atoms with Gasteiger partial charge >= 0.3 is 6.09 Å². The van der Waals surface area contributed by atoms with Gasteiger partial charge in [0.25, 0.3) is 5.91 Å². The maximum atomic E-state index is 14.1. The first kappa shape index (κ1) is 24.4. The van der Waals surface area contributed by atoms with E-state index in [-0.39, 0.29) is 16.8 Å². The number of hydrogen-bond acceptors (Lipinski definition) is 5. The molecule has 0 saturated carbocycles. The van der Waals surface area contributed by atoms with Crippen molar-refractivity contribution in [1.82, 2.24) is 0 Å². The molecule has 0 fully saturated rings. The summed E-state index contributed by atoms with van der Waals surface area (Å²) in [5.41, 5.74) is 0.155. The number of Topliss-reactive ketones (excluding diaryl/α,β-unsaturated/α-hetero) is 1. The van der Waals surface area contributed by atoms with Crippen molar-refractivity contribution in [3.05, 3.63) is 120 Å². The molecule has 0 unspecified atom stereocenters. The number of carbonyl (C=O) groups excluding carboxylic acids is 3. The van der Waals surface area contributed by atoms with Crippen molar-refractivity contribution in [3.63, 3.8) is 0 Å². The maximum absolute atomic E-state index is 14.1. The molecule has 0 spiro atoms. The third-order valence-electron chi connectivity index (χ3n) is 5.49. The fourth-order valence-corrected chi connectivity index (χ4v) is 3.84. The highest BCUT2D eigenvalue weighted by molar-refractivity contribution is 6.37. The molecule has 4 aromatic carbocycles. The van der Waals surface area contributed by atoms with Gasteiger partial charge in [0.15, 0.2) is 0 Å². The number of fused-ring (bicyclic) bond motifs is 1. The van der Waals surface area contributed by atoms with Crippen molar-refractivity contribution in [2.75, 3.05) is 4.90 Å². The molecule has 0 aromatic heterocycles. The van der Waals surface area contributed by atoms with Crippen LogP contribution in [0.25, 0.3) is 16.5 Å². The normalized spacial score (nSPS) is 11.6. The lowest BCUT2D eigenvalue weighted by atomic mass is 9.97. The van der Waals surface area contributed by atoms with Crippen molar-refractivity contribution in [2.24, 2.45) is 0 Å². The van der Waals surface area contributed by atoms with Crippen LogP contribution in [-0.2, 0) is 9.53 Å². The Hall–Kier alpha value is -4.71. The summed E-state index contributed by atoms with van der Waals surface area (Å²) >= 11 is 0. The van der Waals surface area contributed by atoms with Gasteiger partial charge in [-0.1, -0.05) is 97.1 Å². The fraction of sp³-hybridized carbons (Fsp3) is 0.100. The minimum absolute atomic E-state index is 0.193. The summed E-state index contributed by atoms with van der Waals surface area (Å²) in [5.74, 6) is -2.24. The summed E-state index contributed by atoms with van der Waals surface area (Å²) in [4.78, 5) is 41.9. The van der Waals surface area contributed by atoms with Gasteiger partial charge in [0.1, 0.15) is 11.3 Å².